The summed E-state index contributed by atoms with van der Waals surface area (Å²) in [6.07, 6.45) is -1.53. The van der Waals surface area contributed by atoms with Gasteiger partial charge in [0.15, 0.2) is 0 Å². The lowest BCUT2D eigenvalue weighted by atomic mass is 10.2. The summed E-state index contributed by atoms with van der Waals surface area (Å²) in [4.78, 5) is 4.00. The Morgan fingerprint density at radius 1 is 1.14 bits per heavy atom. The maximum atomic E-state index is 12.6. The molecule has 1 aromatic heterocycles. The van der Waals surface area contributed by atoms with Crippen molar-refractivity contribution in [2.45, 2.75) is 6.18 Å². The number of nitrogens with one attached hydrogen (secondary N) is 1. The van der Waals surface area contributed by atoms with Crippen LogP contribution >= 0.6 is 23.2 Å². The summed E-state index contributed by atoms with van der Waals surface area (Å²) < 4.78 is 37.7. The van der Waals surface area contributed by atoms with Crippen molar-refractivity contribution in [3.05, 3.63) is 57.8 Å². The smallest absolute Gasteiger partial charge is 0.275 e. The Hall–Kier alpha value is -1.79. The van der Waals surface area contributed by atoms with E-state index in [-0.39, 0.29) is 15.7 Å². The minimum atomic E-state index is -4.51. The molecule has 110 valence electrons. The van der Waals surface area contributed by atoms with Crippen molar-refractivity contribution in [2.24, 2.45) is 5.10 Å². The Labute approximate surface area is 128 Å². The van der Waals surface area contributed by atoms with Crippen LogP contribution in [0, 0.1) is 0 Å². The van der Waals surface area contributed by atoms with Crippen molar-refractivity contribution in [1.29, 1.82) is 0 Å². The molecule has 3 nitrogen and oxygen atoms in total. The van der Waals surface area contributed by atoms with E-state index in [1.165, 1.54) is 6.21 Å². The standard InChI is InChI=1S/C13H8Cl2F3N3/c14-10-5-8(13(16,17)18)6-11(15)12(10)21-20-7-9-3-1-2-4-19-9/h1-7,21H/b20-7-. The van der Waals surface area contributed by atoms with Crippen LogP contribution in [-0.2, 0) is 6.18 Å². The normalized spacial score (nSPS) is 11.9. The molecule has 0 spiro atoms. The van der Waals surface area contributed by atoms with E-state index in [2.05, 4.69) is 15.5 Å². The van der Waals surface area contributed by atoms with Gasteiger partial charge in [-0.2, -0.15) is 18.3 Å². The molecular weight excluding hydrogens is 326 g/mol. The summed E-state index contributed by atoms with van der Waals surface area (Å²) in [7, 11) is 0. The Balaban J connectivity index is 2.20. The monoisotopic (exact) mass is 333 g/mol. The largest absolute Gasteiger partial charge is 0.416 e. The van der Waals surface area contributed by atoms with Crippen LogP contribution < -0.4 is 5.43 Å². The summed E-state index contributed by atoms with van der Waals surface area (Å²) in [6.45, 7) is 0. The number of rotatable bonds is 3. The van der Waals surface area contributed by atoms with Crippen LogP contribution in [0.25, 0.3) is 0 Å². The van der Waals surface area contributed by atoms with Crippen LogP contribution in [0.15, 0.2) is 41.6 Å². The Kier molecular flexibility index (Phi) is 4.69. The van der Waals surface area contributed by atoms with Gasteiger partial charge in [0, 0.05) is 6.20 Å². The Morgan fingerprint density at radius 2 is 1.81 bits per heavy atom. The lowest BCUT2D eigenvalue weighted by Crippen LogP contribution is -2.05. The number of hydrogen-bond donors (Lipinski definition) is 1. The number of hydrazone groups is 1. The van der Waals surface area contributed by atoms with Gasteiger partial charge in [-0.15, -0.1) is 0 Å². The number of anilines is 1. The molecule has 1 aromatic carbocycles. The molecule has 0 saturated heterocycles. The van der Waals surface area contributed by atoms with Crippen molar-refractivity contribution in [3.8, 4) is 0 Å². The number of hydrogen-bond acceptors (Lipinski definition) is 3. The van der Waals surface area contributed by atoms with E-state index < -0.39 is 11.7 Å². The van der Waals surface area contributed by atoms with E-state index in [1.807, 2.05) is 0 Å². The second kappa shape index (κ2) is 6.32. The highest BCUT2D eigenvalue weighted by Gasteiger charge is 2.31. The average Bonchev–Trinajstić information content (AvgIpc) is 2.42. The summed E-state index contributed by atoms with van der Waals surface area (Å²) in [5.41, 5.74) is 2.26. The van der Waals surface area contributed by atoms with Gasteiger partial charge in [-0.05, 0) is 24.3 Å². The lowest BCUT2D eigenvalue weighted by molar-refractivity contribution is -0.137. The highest BCUT2D eigenvalue weighted by Crippen LogP contribution is 2.38. The second-order valence-electron chi connectivity index (χ2n) is 3.94. The van der Waals surface area contributed by atoms with Crippen LogP contribution in [0.2, 0.25) is 10.0 Å². The molecular formula is C13H8Cl2F3N3. The van der Waals surface area contributed by atoms with E-state index in [0.717, 1.165) is 12.1 Å². The number of aromatic nitrogens is 1. The zero-order chi connectivity index (χ0) is 15.5. The quantitative estimate of drug-likeness (QED) is 0.643. The van der Waals surface area contributed by atoms with E-state index in [1.54, 1.807) is 24.4 Å². The molecule has 8 heteroatoms. The fourth-order valence-electron chi connectivity index (χ4n) is 1.46. The Bertz CT molecular complexity index is 634. The summed E-state index contributed by atoms with van der Waals surface area (Å²) in [6, 6.07) is 6.79. The van der Waals surface area contributed by atoms with Crippen LogP contribution in [0.3, 0.4) is 0 Å². The molecule has 2 aromatic rings. The van der Waals surface area contributed by atoms with Crippen molar-refractivity contribution in [1.82, 2.24) is 4.98 Å². The van der Waals surface area contributed by atoms with Gasteiger partial charge in [0.25, 0.3) is 0 Å². The molecule has 0 aliphatic heterocycles. The van der Waals surface area contributed by atoms with E-state index in [4.69, 9.17) is 23.2 Å². The fraction of sp³-hybridized carbons (Fsp3) is 0.0769. The third-order valence-corrected chi connectivity index (χ3v) is 3.03. The topological polar surface area (TPSA) is 37.3 Å². The molecule has 0 aliphatic carbocycles. The number of alkyl halides is 3. The highest BCUT2D eigenvalue weighted by molar-refractivity contribution is 6.39. The third-order valence-electron chi connectivity index (χ3n) is 2.43. The summed E-state index contributed by atoms with van der Waals surface area (Å²) in [5, 5.41) is 3.49. The third kappa shape index (κ3) is 4.09. The molecule has 0 amide bonds. The molecule has 1 heterocycles. The predicted octanol–water partition coefficient (Wildman–Crippen LogP) is 4.85. The lowest BCUT2D eigenvalue weighted by Gasteiger charge is -2.11. The molecule has 0 saturated carbocycles. The van der Waals surface area contributed by atoms with Crippen LogP contribution in [0.1, 0.15) is 11.3 Å². The van der Waals surface area contributed by atoms with Crippen LogP contribution in [-0.4, -0.2) is 11.2 Å². The van der Waals surface area contributed by atoms with Gasteiger partial charge in [0.2, 0.25) is 0 Å². The maximum Gasteiger partial charge on any atom is 0.416 e. The van der Waals surface area contributed by atoms with Crippen LogP contribution in [0.4, 0.5) is 18.9 Å². The second-order valence-corrected chi connectivity index (χ2v) is 4.75. The minimum Gasteiger partial charge on any atom is -0.275 e. The number of halogens is 5. The van der Waals surface area contributed by atoms with E-state index in [0.29, 0.717) is 5.69 Å². The van der Waals surface area contributed by atoms with E-state index >= 15 is 0 Å². The number of benzene rings is 1. The van der Waals surface area contributed by atoms with Gasteiger partial charge in [-0.1, -0.05) is 29.3 Å². The van der Waals surface area contributed by atoms with Gasteiger partial charge >= 0.3 is 6.18 Å². The van der Waals surface area contributed by atoms with Gasteiger partial charge in [0.05, 0.1) is 33.2 Å². The molecule has 1 N–H and O–H groups in total. The highest BCUT2D eigenvalue weighted by atomic mass is 35.5. The van der Waals surface area contributed by atoms with Crippen molar-refractivity contribution >= 4 is 35.1 Å². The number of pyridine rings is 1. The molecule has 2 rings (SSSR count). The Morgan fingerprint density at radius 3 is 2.33 bits per heavy atom. The van der Waals surface area contributed by atoms with Gasteiger partial charge in [-0.25, -0.2) is 0 Å². The molecule has 0 fully saturated rings. The van der Waals surface area contributed by atoms with E-state index in [9.17, 15) is 13.2 Å². The first kappa shape index (κ1) is 15.6. The molecule has 0 unspecified atom stereocenters. The molecule has 0 atom stereocenters. The molecule has 0 bridgehead atoms. The fourth-order valence-corrected chi connectivity index (χ4v) is 2.03. The molecule has 0 radical (unpaired) electrons. The number of nitrogens with zero attached hydrogens (tertiary/aromatic N) is 2. The average molecular weight is 334 g/mol. The zero-order valence-corrected chi connectivity index (χ0v) is 11.8. The van der Waals surface area contributed by atoms with Gasteiger partial charge in [0.1, 0.15) is 0 Å². The maximum absolute atomic E-state index is 12.6. The molecule has 0 aliphatic rings. The van der Waals surface area contributed by atoms with Crippen molar-refractivity contribution in [3.63, 3.8) is 0 Å². The van der Waals surface area contributed by atoms with Gasteiger partial charge in [-0.3, -0.25) is 10.4 Å². The minimum absolute atomic E-state index is 0.0958. The summed E-state index contributed by atoms with van der Waals surface area (Å²) >= 11 is 11.6. The first-order valence-electron chi connectivity index (χ1n) is 5.64. The van der Waals surface area contributed by atoms with Crippen LogP contribution in [0.5, 0.6) is 0 Å². The molecule has 21 heavy (non-hydrogen) atoms. The SMILES string of the molecule is FC(F)(F)c1cc(Cl)c(N/N=C\c2ccccn2)c(Cl)c1. The van der Waals surface area contributed by atoms with Crippen molar-refractivity contribution < 1.29 is 13.2 Å². The summed E-state index contributed by atoms with van der Waals surface area (Å²) in [5.74, 6) is 0. The predicted molar refractivity (Wildman–Crippen MR) is 76.9 cm³/mol. The zero-order valence-electron chi connectivity index (χ0n) is 10.3. The first-order valence-corrected chi connectivity index (χ1v) is 6.40. The van der Waals surface area contributed by atoms with Crippen molar-refractivity contribution in [2.75, 3.05) is 5.43 Å². The van der Waals surface area contributed by atoms with Gasteiger partial charge < -0.3 is 0 Å². The first-order chi connectivity index (χ1) is 9.88.